The number of amides is 1. The summed E-state index contributed by atoms with van der Waals surface area (Å²) in [6.45, 7) is 4.78. The molecule has 1 aromatic rings. The number of hydrogen-bond donors (Lipinski definition) is 1. The van der Waals surface area contributed by atoms with Gasteiger partial charge in [0.15, 0.2) is 0 Å². The number of para-hydroxylation sites is 1. The van der Waals surface area contributed by atoms with Gasteiger partial charge in [-0.15, -0.1) is 0 Å². The Hall–Kier alpha value is -1.55. The first-order valence-electron chi connectivity index (χ1n) is 6.56. The SMILES string of the molecule is CCC(C)(CN)C(=O)N(C)Cc1ccccc1OC. The van der Waals surface area contributed by atoms with Crippen LogP contribution in [-0.4, -0.2) is 31.5 Å². The predicted molar refractivity (Wildman–Crippen MR) is 76.9 cm³/mol. The minimum Gasteiger partial charge on any atom is -0.496 e. The van der Waals surface area contributed by atoms with Crippen LogP contribution in [0, 0.1) is 5.41 Å². The van der Waals surface area contributed by atoms with Gasteiger partial charge in [-0.3, -0.25) is 4.79 Å². The minimum atomic E-state index is -0.489. The first-order valence-corrected chi connectivity index (χ1v) is 6.56. The smallest absolute Gasteiger partial charge is 0.229 e. The van der Waals surface area contributed by atoms with E-state index in [4.69, 9.17) is 10.5 Å². The summed E-state index contributed by atoms with van der Waals surface area (Å²) in [4.78, 5) is 14.2. The lowest BCUT2D eigenvalue weighted by molar-refractivity contribution is -0.140. The molecule has 1 atom stereocenters. The molecule has 0 saturated carbocycles. The molecule has 2 N–H and O–H groups in total. The van der Waals surface area contributed by atoms with Crippen molar-refractivity contribution >= 4 is 5.91 Å². The van der Waals surface area contributed by atoms with Gasteiger partial charge in [0.1, 0.15) is 5.75 Å². The highest BCUT2D eigenvalue weighted by Crippen LogP contribution is 2.25. The average Bonchev–Trinajstić information content (AvgIpc) is 2.46. The first-order chi connectivity index (χ1) is 8.98. The molecule has 0 fully saturated rings. The second-order valence-corrected chi connectivity index (χ2v) is 5.09. The summed E-state index contributed by atoms with van der Waals surface area (Å²) >= 11 is 0. The van der Waals surface area contributed by atoms with E-state index >= 15 is 0 Å². The van der Waals surface area contributed by atoms with Crippen LogP contribution in [-0.2, 0) is 11.3 Å². The van der Waals surface area contributed by atoms with Crippen LogP contribution in [0.5, 0.6) is 5.75 Å². The highest BCUT2D eigenvalue weighted by atomic mass is 16.5. The third kappa shape index (κ3) is 3.47. The van der Waals surface area contributed by atoms with Crippen molar-refractivity contribution < 1.29 is 9.53 Å². The second kappa shape index (κ2) is 6.57. The Kier molecular flexibility index (Phi) is 5.36. The molecule has 1 aromatic carbocycles. The molecule has 0 aliphatic heterocycles. The number of rotatable bonds is 6. The van der Waals surface area contributed by atoms with Crippen molar-refractivity contribution in [2.75, 3.05) is 20.7 Å². The van der Waals surface area contributed by atoms with E-state index in [0.717, 1.165) is 17.7 Å². The monoisotopic (exact) mass is 264 g/mol. The maximum atomic E-state index is 12.4. The number of ether oxygens (including phenoxy) is 1. The molecule has 0 saturated heterocycles. The third-order valence-electron chi connectivity index (χ3n) is 3.69. The Morgan fingerprint density at radius 2 is 2.05 bits per heavy atom. The number of nitrogens with zero attached hydrogens (tertiary/aromatic N) is 1. The molecule has 19 heavy (non-hydrogen) atoms. The quantitative estimate of drug-likeness (QED) is 0.855. The fourth-order valence-corrected chi connectivity index (χ4v) is 2.00. The Labute approximate surface area is 115 Å². The Morgan fingerprint density at radius 1 is 1.42 bits per heavy atom. The van der Waals surface area contributed by atoms with Crippen molar-refractivity contribution in [3.05, 3.63) is 29.8 Å². The van der Waals surface area contributed by atoms with Crippen LogP contribution >= 0.6 is 0 Å². The van der Waals surface area contributed by atoms with Crippen molar-refractivity contribution in [1.29, 1.82) is 0 Å². The molecular weight excluding hydrogens is 240 g/mol. The lowest BCUT2D eigenvalue weighted by Gasteiger charge is -2.31. The van der Waals surface area contributed by atoms with E-state index in [1.54, 1.807) is 19.1 Å². The summed E-state index contributed by atoms with van der Waals surface area (Å²) in [6, 6.07) is 7.72. The molecule has 1 unspecified atom stereocenters. The summed E-state index contributed by atoms with van der Waals surface area (Å²) in [5.74, 6) is 0.872. The number of hydrogen-bond acceptors (Lipinski definition) is 3. The molecule has 1 rings (SSSR count). The van der Waals surface area contributed by atoms with Crippen molar-refractivity contribution in [3.8, 4) is 5.75 Å². The molecule has 0 aromatic heterocycles. The Balaban J connectivity index is 2.85. The largest absolute Gasteiger partial charge is 0.496 e. The number of benzene rings is 1. The van der Waals surface area contributed by atoms with E-state index < -0.39 is 5.41 Å². The van der Waals surface area contributed by atoms with Gasteiger partial charge in [0.05, 0.1) is 12.5 Å². The molecule has 1 amide bonds. The molecule has 0 spiro atoms. The highest BCUT2D eigenvalue weighted by Gasteiger charge is 2.32. The lowest BCUT2D eigenvalue weighted by atomic mass is 9.86. The maximum absolute atomic E-state index is 12.4. The summed E-state index contributed by atoms with van der Waals surface area (Å²) in [5, 5.41) is 0. The van der Waals surface area contributed by atoms with Crippen molar-refractivity contribution in [1.82, 2.24) is 4.90 Å². The number of carbonyl (C=O) groups excluding carboxylic acids is 1. The van der Waals surface area contributed by atoms with Gasteiger partial charge in [-0.1, -0.05) is 25.1 Å². The van der Waals surface area contributed by atoms with E-state index in [-0.39, 0.29) is 5.91 Å². The van der Waals surface area contributed by atoms with E-state index in [0.29, 0.717) is 13.1 Å². The van der Waals surface area contributed by atoms with Crippen LogP contribution in [0.2, 0.25) is 0 Å². The zero-order valence-electron chi connectivity index (χ0n) is 12.3. The van der Waals surface area contributed by atoms with Crippen LogP contribution in [0.15, 0.2) is 24.3 Å². The van der Waals surface area contributed by atoms with Crippen LogP contribution in [0.25, 0.3) is 0 Å². The van der Waals surface area contributed by atoms with Gasteiger partial charge in [-0.2, -0.15) is 0 Å². The zero-order valence-corrected chi connectivity index (χ0v) is 12.3. The van der Waals surface area contributed by atoms with Gasteiger partial charge in [0.25, 0.3) is 0 Å². The highest BCUT2D eigenvalue weighted by molar-refractivity contribution is 5.82. The molecule has 4 heteroatoms. The van der Waals surface area contributed by atoms with E-state index in [9.17, 15) is 4.79 Å². The third-order valence-corrected chi connectivity index (χ3v) is 3.69. The van der Waals surface area contributed by atoms with E-state index in [2.05, 4.69) is 0 Å². The van der Waals surface area contributed by atoms with Gasteiger partial charge in [0, 0.05) is 25.7 Å². The maximum Gasteiger partial charge on any atom is 0.229 e. The molecule has 4 nitrogen and oxygen atoms in total. The van der Waals surface area contributed by atoms with Crippen molar-refractivity contribution in [3.63, 3.8) is 0 Å². The minimum absolute atomic E-state index is 0.0726. The van der Waals surface area contributed by atoms with Crippen LogP contribution in [0.4, 0.5) is 0 Å². The van der Waals surface area contributed by atoms with E-state index in [1.165, 1.54) is 0 Å². The summed E-state index contributed by atoms with van der Waals surface area (Å²) in [6.07, 6.45) is 0.735. The van der Waals surface area contributed by atoms with Crippen molar-refractivity contribution in [2.24, 2.45) is 11.1 Å². The van der Waals surface area contributed by atoms with E-state index in [1.807, 2.05) is 38.1 Å². The van der Waals surface area contributed by atoms with Crippen molar-refractivity contribution in [2.45, 2.75) is 26.8 Å². The van der Waals surface area contributed by atoms with Gasteiger partial charge >= 0.3 is 0 Å². The normalized spacial score (nSPS) is 13.7. The number of methoxy groups -OCH3 is 1. The first kappa shape index (κ1) is 15.5. The summed E-state index contributed by atoms with van der Waals surface area (Å²) < 4.78 is 5.30. The van der Waals surface area contributed by atoms with Gasteiger partial charge in [-0.25, -0.2) is 0 Å². The fourth-order valence-electron chi connectivity index (χ4n) is 2.00. The van der Waals surface area contributed by atoms with Gasteiger partial charge < -0.3 is 15.4 Å². The molecule has 106 valence electrons. The second-order valence-electron chi connectivity index (χ2n) is 5.09. The summed E-state index contributed by atoms with van der Waals surface area (Å²) in [5.41, 5.74) is 6.24. The topological polar surface area (TPSA) is 55.6 Å². The number of nitrogens with two attached hydrogens (primary N) is 1. The number of carbonyl (C=O) groups is 1. The zero-order chi connectivity index (χ0) is 14.5. The van der Waals surface area contributed by atoms with Gasteiger partial charge in [0.2, 0.25) is 5.91 Å². The Morgan fingerprint density at radius 3 is 2.58 bits per heavy atom. The molecular formula is C15H24N2O2. The van der Waals surface area contributed by atoms with Crippen LogP contribution in [0.3, 0.4) is 0 Å². The lowest BCUT2D eigenvalue weighted by Crippen LogP contribution is -2.44. The molecule has 0 aliphatic rings. The summed E-state index contributed by atoms with van der Waals surface area (Å²) in [7, 11) is 3.44. The molecule has 0 heterocycles. The van der Waals surface area contributed by atoms with Crippen LogP contribution < -0.4 is 10.5 Å². The average molecular weight is 264 g/mol. The predicted octanol–water partition coefficient (Wildman–Crippen LogP) is 2.03. The van der Waals surface area contributed by atoms with Gasteiger partial charge in [-0.05, 0) is 19.4 Å². The van der Waals surface area contributed by atoms with Crippen LogP contribution in [0.1, 0.15) is 25.8 Å². The standard InChI is InChI=1S/C15H24N2O2/c1-5-15(2,11-16)14(18)17(3)10-12-8-6-7-9-13(12)19-4/h6-9H,5,10-11,16H2,1-4H3. The molecule has 0 aliphatic carbocycles. The molecule has 0 radical (unpaired) electrons. The molecule has 0 bridgehead atoms. The fraction of sp³-hybridized carbons (Fsp3) is 0.533. The Bertz CT molecular complexity index is 428.